The summed E-state index contributed by atoms with van der Waals surface area (Å²) in [6.07, 6.45) is 2.57. The van der Waals surface area contributed by atoms with Crippen molar-refractivity contribution in [3.05, 3.63) is 41.7 Å². The number of aryl methyl sites for hydroxylation is 1. The molecule has 0 bridgehead atoms. The molecule has 2 rings (SSSR count). The third kappa shape index (κ3) is 3.06. The Morgan fingerprint density at radius 1 is 1.32 bits per heavy atom. The molecule has 0 radical (unpaired) electrons. The Hall–Kier alpha value is -2.01. The van der Waals surface area contributed by atoms with Crippen LogP contribution >= 0.6 is 0 Å². The van der Waals surface area contributed by atoms with Gasteiger partial charge in [-0.15, -0.1) is 0 Å². The summed E-state index contributed by atoms with van der Waals surface area (Å²) < 4.78 is 13.0. The van der Waals surface area contributed by atoms with Gasteiger partial charge in [0, 0.05) is 37.5 Å². The number of ether oxygens (including phenoxy) is 2. The van der Waals surface area contributed by atoms with Crippen LogP contribution in [0.2, 0.25) is 0 Å². The van der Waals surface area contributed by atoms with Crippen LogP contribution in [0.1, 0.15) is 11.3 Å². The third-order valence-corrected chi connectivity index (χ3v) is 3.03. The van der Waals surface area contributed by atoms with Crippen LogP contribution < -0.4 is 15.2 Å². The van der Waals surface area contributed by atoms with E-state index >= 15 is 0 Å². The Balaban J connectivity index is 2.04. The third-order valence-electron chi connectivity index (χ3n) is 3.03. The second kappa shape index (κ2) is 6.24. The molecule has 0 atom stereocenters. The Kier molecular flexibility index (Phi) is 4.41. The topological polar surface area (TPSA) is 62.3 Å². The van der Waals surface area contributed by atoms with Crippen LogP contribution in [-0.4, -0.2) is 23.5 Å². The lowest BCUT2D eigenvalue weighted by molar-refractivity contribution is 0.292. The first-order valence-corrected chi connectivity index (χ1v) is 6.22. The van der Waals surface area contributed by atoms with Crippen LogP contribution in [0, 0.1) is 0 Å². The number of para-hydroxylation sites is 1. The van der Waals surface area contributed by atoms with Crippen LogP contribution in [-0.2, 0) is 20.0 Å². The molecule has 0 unspecified atom stereocenters. The predicted octanol–water partition coefficient (Wildman–Crippen LogP) is 1.51. The molecule has 1 aromatic heterocycles. The lowest BCUT2D eigenvalue weighted by Crippen LogP contribution is -2.09. The lowest BCUT2D eigenvalue weighted by Gasteiger charge is -2.14. The van der Waals surface area contributed by atoms with Crippen molar-refractivity contribution in [3.8, 4) is 11.5 Å². The Bertz CT molecular complexity index is 515. The van der Waals surface area contributed by atoms with Crippen molar-refractivity contribution in [2.75, 3.05) is 13.7 Å². The van der Waals surface area contributed by atoms with E-state index in [-0.39, 0.29) is 0 Å². The van der Waals surface area contributed by atoms with Gasteiger partial charge in [-0.25, -0.2) is 0 Å². The molecule has 0 saturated carbocycles. The van der Waals surface area contributed by atoms with Crippen LogP contribution in [0.25, 0.3) is 0 Å². The molecular formula is C14H19N3O2. The average molecular weight is 261 g/mol. The monoisotopic (exact) mass is 261 g/mol. The van der Waals surface area contributed by atoms with Gasteiger partial charge in [0.05, 0.1) is 13.7 Å². The first-order chi connectivity index (χ1) is 9.26. The molecule has 0 aliphatic carbocycles. The molecule has 5 nitrogen and oxygen atoms in total. The molecule has 5 heteroatoms. The van der Waals surface area contributed by atoms with Gasteiger partial charge >= 0.3 is 0 Å². The molecule has 0 fully saturated rings. The quantitative estimate of drug-likeness (QED) is 0.856. The maximum absolute atomic E-state index is 5.83. The summed E-state index contributed by atoms with van der Waals surface area (Å²) in [4.78, 5) is 0. The van der Waals surface area contributed by atoms with Crippen LogP contribution in [0.4, 0.5) is 0 Å². The second-order valence-electron chi connectivity index (χ2n) is 4.20. The maximum atomic E-state index is 5.83. The van der Waals surface area contributed by atoms with E-state index in [4.69, 9.17) is 15.2 Å². The molecule has 0 aliphatic rings. The smallest absolute Gasteiger partial charge is 0.165 e. The van der Waals surface area contributed by atoms with Gasteiger partial charge in [0.15, 0.2) is 11.5 Å². The molecule has 2 N–H and O–H groups in total. The summed E-state index contributed by atoms with van der Waals surface area (Å²) in [6, 6.07) is 7.71. The number of aromatic nitrogens is 2. The van der Waals surface area contributed by atoms with Gasteiger partial charge in [0.1, 0.15) is 0 Å². The Labute approximate surface area is 112 Å². The second-order valence-corrected chi connectivity index (χ2v) is 4.20. The van der Waals surface area contributed by atoms with Crippen molar-refractivity contribution in [1.82, 2.24) is 9.78 Å². The van der Waals surface area contributed by atoms with E-state index in [1.165, 1.54) is 0 Å². The number of methoxy groups -OCH3 is 1. The highest BCUT2D eigenvalue weighted by atomic mass is 16.5. The first kappa shape index (κ1) is 13.4. The average Bonchev–Trinajstić information content (AvgIpc) is 2.84. The Morgan fingerprint density at radius 3 is 2.79 bits per heavy atom. The van der Waals surface area contributed by atoms with Gasteiger partial charge in [-0.3, -0.25) is 4.68 Å². The van der Waals surface area contributed by atoms with E-state index in [1.54, 1.807) is 13.3 Å². The summed E-state index contributed by atoms with van der Waals surface area (Å²) >= 11 is 0. The summed E-state index contributed by atoms with van der Waals surface area (Å²) in [7, 11) is 3.55. The molecule has 0 saturated heterocycles. The zero-order chi connectivity index (χ0) is 13.7. The zero-order valence-electron chi connectivity index (χ0n) is 11.3. The Morgan fingerprint density at radius 2 is 2.16 bits per heavy atom. The summed E-state index contributed by atoms with van der Waals surface area (Å²) in [5.74, 6) is 1.45. The number of hydrogen-bond acceptors (Lipinski definition) is 4. The highest BCUT2D eigenvalue weighted by Crippen LogP contribution is 2.30. The minimum absolute atomic E-state index is 0.429. The fourth-order valence-corrected chi connectivity index (χ4v) is 1.95. The van der Waals surface area contributed by atoms with Crippen LogP contribution in [0.3, 0.4) is 0 Å². The van der Waals surface area contributed by atoms with E-state index in [2.05, 4.69) is 5.10 Å². The first-order valence-electron chi connectivity index (χ1n) is 6.22. The van der Waals surface area contributed by atoms with Crippen LogP contribution in [0.15, 0.2) is 30.5 Å². The normalized spacial score (nSPS) is 10.5. The van der Waals surface area contributed by atoms with Crippen molar-refractivity contribution in [1.29, 1.82) is 0 Å². The number of benzene rings is 1. The number of nitrogens with zero attached hydrogens (tertiary/aromatic N) is 2. The predicted molar refractivity (Wildman–Crippen MR) is 73.3 cm³/mol. The molecule has 1 aromatic carbocycles. The van der Waals surface area contributed by atoms with Gasteiger partial charge in [0.2, 0.25) is 0 Å². The highest BCUT2D eigenvalue weighted by molar-refractivity contribution is 5.46. The van der Waals surface area contributed by atoms with Crippen molar-refractivity contribution in [2.24, 2.45) is 12.8 Å². The van der Waals surface area contributed by atoms with Crippen molar-refractivity contribution < 1.29 is 9.47 Å². The number of hydrogen-bond donors (Lipinski definition) is 1. The van der Waals surface area contributed by atoms with Crippen molar-refractivity contribution in [2.45, 2.75) is 13.0 Å². The summed E-state index contributed by atoms with van der Waals surface area (Å²) in [6.45, 7) is 0.991. The number of nitrogens with two attached hydrogens (primary N) is 1. The van der Waals surface area contributed by atoms with E-state index in [0.717, 1.165) is 23.4 Å². The van der Waals surface area contributed by atoms with Gasteiger partial charge < -0.3 is 15.2 Å². The van der Waals surface area contributed by atoms with E-state index in [1.807, 2.05) is 36.0 Å². The van der Waals surface area contributed by atoms with Gasteiger partial charge in [-0.2, -0.15) is 5.10 Å². The van der Waals surface area contributed by atoms with Crippen molar-refractivity contribution >= 4 is 0 Å². The molecule has 0 aliphatic heterocycles. The van der Waals surface area contributed by atoms with E-state index in [0.29, 0.717) is 18.9 Å². The molecule has 0 amide bonds. The number of rotatable bonds is 6. The van der Waals surface area contributed by atoms with E-state index < -0.39 is 0 Å². The summed E-state index contributed by atoms with van der Waals surface area (Å²) in [5.41, 5.74) is 7.79. The largest absolute Gasteiger partial charge is 0.493 e. The molecule has 2 aromatic rings. The van der Waals surface area contributed by atoms with Gasteiger partial charge in [-0.05, 0) is 12.1 Å². The van der Waals surface area contributed by atoms with Gasteiger partial charge in [0.25, 0.3) is 0 Å². The van der Waals surface area contributed by atoms with E-state index in [9.17, 15) is 0 Å². The molecule has 19 heavy (non-hydrogen) atoms. The minimum Gasteiger partial charge on any atom is -0.493 e. The minimum atomic E-state index is 0.429. The SMILES string of the molecule is COc1cccc(CN)c1OCCc1ccnn1C. The summed E-state index contributed by atoms with van der Waals surface area (Å²) in [5, 5.41) is 4.13. The fraction of sp³-hybridized carbons (Fsp3) is 0.357. The van der Waals surface area contributed by atoms with Crippen LogP contribution in [0.5, 0.6) is 11.5 Å². The standard InChI is InChI=1S/C14H19N3O2/c1-17-12(6-8-16-17)7-9-19-14-11(10-15)4-3-5-13(14)18-2/h3-6,8H,7,9-10,15H2,1-2H3. The van der Waals surface area contributed by atoms with Gasteiger partial charge in [-0.1, -0.05) is 12.1 Å². The highest BCUT2D eigenvalue weighted by Gasteiger charge is 2.09. The zero-order valence-corrected chi connectivity index (χ0v) is 11.3. The maximum Gasteiger partial charge on any atom is 0.165 e. The lowest BCUT2D eigenvalue weighted by atomic mass is 10.2. The molecule has 1 heterocycles. The molecule has 0 spiro atoms. The van der Waals surface area contributed by atoms with Crippen molar-refractivity contribution in [3.63, 3.8) is 0 Å². The molecular weight excluding hydrogens is 242 g/mol. The molecule has 102 valence electrons. The fourth-order valence-electron chi connectivity index (χ4n) is 1.95.